The van der Waals surface area contributed by atoms with Crippen LogP contribution in [0.1, 0.15) is 79.1 Å². The molecule has 1 fully saturated rings. The van der Waals surface area contributed by atoms with E-state index in [1.54, 1.807) is 0 Å². The van der Waals surface area contributed by atoms with Gasteiger partial charge in [0.1, 0.15) is 5.54 Å². The van der Waals surface area contributed by atoms with E-state index in [4.69, 9.17) is 0 Å². The molecule has 3 nitrogen and oxygen atoms in total. The Balaban J connectivity index is 2.68. The summed E-state index contributed by atoms with van der Waals surface area (Å²) in [6, 6.07) is 3.75. The monoisotopic (exact) mass is 293 g/mol. The summed E-state index contributed by atoms with van der Waals surface area (Å²) in [5.74, 6) is 0. The number of hydrogen-bond donors (Lipinski definition) is 1. The Kier molecular flexibility index (Phi) is 8.29. The first-order chi connectivity index (χ1) is 10.1. The van der Waals surface area contributed by atoms with Crippen LogP contribution in [-0.4, -0.2) is 35.6 Å². The molecule has 122 valence electrons. The first-order valence-corrected chi connectivity index (χ1v) is 9.00. The predicted octanol–water partition coefficient (Wildman–Crippen LogP) is 4.09. The molecule has 1 aliphatic carbocycles. The lowest BCUT2D eigenvalue weighted by Gasteiger charge is -2.43. The smallest absolute Gasteiger partial charge is 0.108 e. The fourth-order valence-corrected chi connectivity index (χ4v) is 3.60. The molecule has 1 saturated carbocycles. The molecule has 2 atom stereocenters. The maximum atomic E-state index is 9.69. The first-order valence-electron chi connectivity index (χ1n) is 9.00. The van der Waals surface area contributed by atoms with Gasteiger partial charge in [-0.15, -0.1) is 0 Å². The minimum atomic E-state index is -0.281. The summed E-state index contributed by atoms with van der Waals surface area (Å²) >= 11 is 0. The molecule has 0 aromatic heterocycles. The summed E-state index contributed by atoms with van der Waals surface area (Å²) in [5.41, 5.74) is -0.281. The van der Waals surface area contributed by atoms with Crippen molar-refractivity contribution in [1.29, 1.82) is 5.26 Å². The summed E-state index contributed by atoms with van der Waals surface area (Å²) in [5, 5.41) is 13.2. The average molecular weight is 293 g/mol. The third kappa shape index (κ3) is 5.60. The van der Waals surface area contributed by atoms with E-state index in [2.05, 4.69) is 44.0 Å². The summed E-state index contributed by atoms with van der Waals surface area (Å²) in [7, 11) is 0. The van der Waals surface area contributed by atoms with Crippen molar-refractivity contribution in [2.45, 2.75) is 96.7 Å². The molecule has 0 aromatic rings. The van der Waals surface area contributed by atoms with Crippen molar-refractivity contribution in [3.63, 3.8) is 0 Å². The second-order valence-electron chi connectivity index (χ2n) is 6.91. The zero-order valence-corrected chi connectivity index (χ0v) is 14.6. The van der Waals surface area contributed by atoms with Gasteiger partial charge in [-0.2, -0.15) is 5.26 Å². The largest absolute Gasteiger partial charge is 0.299 e. The molecule has 0 aromatic carbocycles. The van der Waals surface area contributed by atoms with Gasteiger partial charge in [-0.05, 0) is 65.5 Å². The Morgan fingerprint density at radius 3 is 2.62 bits per heavy atom. The van der Waals surface area contributed by atoms with Crippen LogP contribution in [0.15, 0.2) is 0 Å². The lowest BCUT2D eigenvalue weighted by Crippen LogP contribution is -2.54. The van der Waals surface area contributed by atoms with Crippen molar-refractivity contribution >= 4 is 0 Å². The van der Waals surface area contributed by atoms with Crippen molar-refractivity contribution < 1.29 is 0 Å². The van der Waals surface area contributed by atoms with Crippen molar-refractivity contribution in [1.82, 2.24) is 10.2 Å². The molecule has 3 heteroatoms. The van der Waals surface area contributed by atoms with Crippen LogP contribution < -0.4 is 5.32 Å². The van der Waals surface area contributed by atoms with Crippen LogP contribution in [0.3, 0.4) is 0 Å². The summed E-state index contributed by atoms with van der Waals surface area (Å²) in [6.45, 7) is 11.2. The lowest BCUT2D eigenvalue weighted by molar-refractivity contribution is 0.0903. The van der Waals surface area contributed by atoms with Crippen molar-refractivity contribution in [2.24, 2.45) is 0 Å². The van der Waals surface area contributed by atoms with Gasteiger partial charge in [-0.25, -0.2) is 0 Å². The second kappa shape index (κ2) is 9.43. The van der Waals surface area contributed by atoms with Crippen molar-refractivity contribution in [3.05, 3.63) is 0 Å². The van der Waals surface area contributed by atoms with E-state index in [-0.39, 0.29) is 5.54 Å². The standard InChI is InChI=1S/C18H35N3/c1-5-7-8-13-21(16(3)4)17-10-9-11-18(14-17,15-19)20-12-6-2/h16-17,20H,5-14H2,1-4H3. The highest BCUT2D eigenvalue weighted by atomic mass is 15.2. The number of nitrogens with zero attached hydrogens (tertiary/aromatic N) is 2. The van der Waals surface area contributed by atoms with Gasteiger partial charge in [0.2, 0.25) is 0 Å². The van der Waals surface area contributed by atoms with Crippen LogP contribution in [0.2, 0.25) is 0 Å². The van der Waals surface area contributed by atoms with Gasteiger partial charge >= 0.3 is 0 Å². The lowest BCUT2D eigenvalue weighted by atomic mass is 9.79. The van der Waals surface area contributed by atoms with Crippen LogP contribution in [-0.2, 0) is 0 Å². The summed E-state index contributed by atoms with van der Waals surface area (Å²) < 4.78 is 0. The molecular formula is C18H35N3. The molecule has 0 bridgehead atoms. The normalized spacial score (nSPS) is 26.2. The SMILES string of the molecule is CCCCCN(C(C)C)C1CCCC(C#N)(NCCC)C1. The molecule has 0 spiro atoms. The van der Waals surface area contributed by atoms with E-state index < -0.39 is 0 Å². The maximum Gasteiger partial charge on any atom is 0.108 e. The Labute approximate surface area is 132 Å². The van der Waals surface area contributed by atoms with Gasteiger partial charge in [0.05, 0.1) is 6.07 Å². The van der Waals surface area contributed by atoms with E-state index in [1.165, 1.54) is 38.6 Å². The van der Waals surface area contributed by atoms with E-state index >= 15 is 0 Å². The molecule has 0 amide bonds. The second-order valence-corrected chi connectivity index (χ2v) is 6.91. The van der Waals surface area contributed by atoms with Crippen LogP contribution in [0.25, 0.3) is 0 Å². The fraction of sp³-hybridized carbons (Fsp3) is 0.944. The average Bonchev–Trinajstić information content (AvgIpc) is 2.49. The van der Waals surface area contributed by atoms with Gasteiger partial charge in [-0.3, -0.25) is 10.2 Å². The fourth-order valence-electron chi connectivity index (χ4n) is 3.60. The third-order valence-corrected chi connectivity index (χ3v) is 4.80. The highest BCUT2D eigenvalue weighted by Gasteiger charge is 2.38. The van der Waals surface area contributed by atoms with E-state index in [0.29, 0.717) is 12.1 Å². The highest BCUT2D eigenvalue weighted by Crippen LogP contribution is 2.32. The van der Waals surface area contributed by atoms with E-state index in [9.17, 15) is 5.26 Å². The topological polar surface area (TPSA) is 39.1 Å². The quantitative estimate of drug-likeness (QED) is 0.651. The molecule has 2 unspecified atom stereocenters. The Hall–Kier alpha value is -0.590. The molecule has 1 N–H and O–H groups in total. The minimum absolute atomic E-state index is 0.281. The number of nitriles is 1. The molecule has 0 aliphatic heterocycles. The number of nitrogens with one attached hydrogen (secondary N) is 1. The van der Waals surface area contributed by atoms with Crippen molar-refractivity contribution in [2.75, 3.05) is 13.1 Å². The first kappa shape index (κ1) is 18.5. The van der Waals surface area contributed by atoms with Crippen LogP contribution >= 0.6 is 0 Å². The van der Waals surface area contributed by atoms with Crippen LogP contribution in [0.4, 0.5) is 0 Å². The van der Waals surface area contributed by atoms with E-state index in [1.807, 2.05) is 0 Å². The van der Waals surface area contributed by atoms with Crippen molar-refractivity contribution in [3.8, 4) is 6.07 Å². The molecule has 21 heavy (non-hydrogen) atoms. The van der Waals surface area contributed by atoms with Gasteiger partial charge in [-0.1, -0.05) is 26.7 Å². The third-order valence-electron chi connectivity index (χ3n) is 4.80. The van der Waals surface area contributed by atoms with Gasteiger partial charge in [0.25, 0.3) is 0 Å². The number of unbranched alkanes of at least 4 members (excludes halogenated alkanes) is 2. The predicted molar refractivity (Wildman–Crippen MR) is 90.3 cm³/mol. The zero-order valence-electron chi connectivity index (χ0n) is 14.6. The molecule has 0 heterocycles. The Morgan fingerprint density at radius 1 is 1.29 bits per heavy atom. The van der Waals surface area contributed by atoms with Crippen LogP contribution in [0, 0.1) is 11.3 Å². The molecule has 1 aliphatic rings. The van der Waals surface area contributed by atoms with Crippen LogP contribution in [0.5, 0.6) is 0 Å². The maximum absolute atomic E-state index is 9.69. The Morgan fingerprint density at radius 2 is 2.05 bits per heavy atom. The van der Waals surface area contributed by atoms with E-state index in [0.717, 1.165) is 25.8 Å². The minimum Gasteiger partial charge on any atom is -0.299 e. The molecular weight excluding hydrogens is 258 g/mol. The molecule has 0 radical (unpaired) electrons. The number of hydrogen-bond acceptors (Lipinski definition) is 3. The highest BCUT2D eigenvalue weighted by molar-refractivity contribution is 5.11. The van der Waals surface area contributed by atoms with Gasteiger partial charge in [0, 0.05) is 12.1 Å². The summed E-state index contributed by atoms with van der Waals surface area (Å²) in [6.07, 6.45) is 9.40. The molecule has 0 saturated heterocycles. The van der Waals surface area contributed by atoms with Gasteiger partial charge < -0.3 is 0 Å². The Bertz CT molecular complexity index is 321. The molecule has 1 rings (SSSR count). The zero-order chi connectivity index (χ0) is 15.7. The summed E-state index contributed by atoms with van der Waals surface area (Å²) in [4.78, 5) is 2.65. The number of rotatable bonds is 9. The van der Waals surface area contributed by atoms with Gasteiger partial charge in [0.15, 0.2) is 0 Å².